The third kappa shape index (κ3) is 2.51. The van der Waals surface area contributed by atoms with E-state index >= 15 is 0 Å². The first-order chi connectivity index (χ1) is 8.47. The lowest BCUT2D eigenvalue weighted by Gasteiger charge is -2.10. The molecule has 0 aliphatic rings. The first kappa shape index (κ1) is 12.6. The largest absolute Gasteiger partial charge is 0.399 e. The van der Waals surface area contributed by atoms with Crippen LogP contribution in [-0.4, -0.2) is 10.9 Å². The maximum atomic E-state index is 12.0. The molecule has 94 valence electrons. The second-order valence-electron chi connectivity index (χ2n) is 4.22. The molecule has 2 rings (SSSR count). The van der Waals surface area contributed by atoms with Gasteiger partial charge >= 0.3 is 0 Å². The second-order valence-corrected chi connectivity index (χ2v) is 5.46. The van der Waals surface area contributed by atoms with E-state index in [0.717, 1.165) is 27.5 Å². The Hall–Kier alpha value is -1.88. The van der Waals surface area contributed by atoms with Gasteiger partial charge in [-0.3, -0.25) is 4.79 Å². The predicted molar refractivity (Wildman–Crippen MR) is 75.1 cm³/mol. The SMILES string of the molecule is Cc1ncc(C(=O)Nc2cc(C)c(N)cc2C)s1. The molecular weight excluding hydrogens is 246 g/mol. The van der Waals surface area contributed by atoms with Crippen molar-refractivity contribution < 1.29 is 4.79 Å². The number of rotatable bonds is 2. The molecule has 1 aromatic carbocycles. The van der Waals surface area contributed by atoms with Crippen molar-refractivity contribution >= 4 is 28.6 Å². The van der Waals surface area contributed by atoms with E-state index in [0.29, 0.717) is 4.88 Å². The van der Waals surface area contributed by atoms with Gasteiger partial charge in [0.15, 0.2) is 0 Å². The van der Waals surface area contributed by atoms with E-state index in [1.165, 1.54) is 11.3 Å². The molecule has 0 radical (unpaired) electrons. The molecule has 0 saturated heterocycles. The van der Waals surface area contributed by atoms with Crippen molar-refractivity contribution in [1.29, 1.82) is 0 Å². The third-order valence-electron chi connectivity index (χ3n) is 2.71. The highest BCUT2D eigenvalue weighted by molar-refractivity contribution is 7.13. The zero-order valence-corrected chi connectivity index (χ0v) is 11.4. The van der Waals surface area contributed by atoms with Crippen molar-refractivity contribution in [3.05, 3.63) is 39.3 Å². The Morgan fingerprint density at radius 2 is 2.00 bits per heavy atom. The van der Waals surface area contributed by atoms with E-state index in [4.69, 9.17) is 5.73 Å². The van der Waals surface area contributed by atoms with Gasteiger partial charge in [-0.15, -0.1) is 11.3 Å². The van der Waals surface area contributed by atoms with Crippen LogP contribution in [0.1, 0.15) is 25.8 Å². The number of carbonyl (C=O) groups is 1. The lowest BCUT2D eigenvalue weighted by atomic mass is 10.1. The maximum absolute atomic E-state index is 12.0. The van der Waals surface area contributed by atoms with Gasteiger partial charge in [-0.25, -0.2) is 4.98 Å². The minimum absolute atomic E-state index is 0.132. The highest BCUT2D eigenvalue weighted by atomic mass is 32.1. The number of benzene rings is 1. The first-order valence-corrected chi connectivity index (χ1v) is 6.39. The van der Waals surface area contributed by atoms with E-state index in [1.807, 2.05) is 32.9 Å². The molecule has 0 bridgehead atoms. The topological polar surface area (TPSA) is 68.0 Å². The molecule has 2 aromatic rings. The molecule has 1 amide bonds. The Balaban J connectivity index is 2.24. The number of nitrogen functional groups attached to an aromatic ring is 1. The Bertz CT molecular complexity index is 604. The van der Waals surface area contributed by atoms with Crippen LogP contribution in [-0.2, 0) is 0 Å². The van der Waals surface area contributed by atoms with Crippen LogP contribution in [0.5, 0.6) is 0 Å². The number of nitrogens with two attached hydrogens (primary N) is 1. The predicted octanol–water partition coefficient (Wildman–Crippen LogP) is 2.90. The summed E-state index contributed by atoms with van der Waals surface area (Å²) in [5, 5.41) is 3.76. The molecule has 0 saturated carbocycles. The summed E-state index contributed by atoms with van der Waals surface area (Å²) >= 11 is 1.38. The molecule has 4 nitrogen and oxygen atoms in total. The lowest BCUT2D eigenvalue weighted by molar-refractivity contribution is 0.103. The third-order valence-corrected chi connectivity index (χ3v) is 3.62. The van der Waals surface area contributed by atoms with Crippen LogP contribution in [0.4, 0.5) is 11.4 Å². The van der Waals surface area contributed by atoms with E-state index in [1.54, 1.807) is 6.20 Å². The van der Waals surface area contributed by atoms with Crippen LogP contribution in [0, 0.1) is 20.8 Å². The number of amides is 1. The Kier molecular flexibility index (Phi) is 3.34. The summed E-state index contributed by atoms with van der Waals surface area (Å²) in [6, 6.07) is 3.75. The van der Waals surface area contributed by atoms with Gasteiger partial charge in [0, 0.05) is 11.4 Å². The number of nitrogens with one attached hydrogen (secondary N) is 1. The molecular formula is C13H15N3OS. The molecule has 3 N–H and O–H groups in total. The second kappa shape index (κ2) is 4.78. The smallest absolute Gasteiger partial charge is 0.267 e. The Morgan fingerprint density at radius 1 is 1.28 bits per heavy atom. The van der Waals surface area contributed by atoms with Gasteiger partial charge in [0.25, 0.3) is 5.91 Å². The average molecular weight is 261 g/mol. The Morgan fingerprint density at radius 3 is 2.61 bits per heavy atom. The van der Waals surface area contributed by atoms with Gasteiger partial charge in [-0.2, -0.15) is 0 Å². The molecule has 1 heterocycles. The summed E-state index contributed by atoms with van der Waals surface area (Å²) in [7, 11) is 0. The average Bonchev–Trinajstić information content (AvgIpc) is 2.73. The van der Waals surface area contributed by atoms with E-state index < -0.39 is 0 Å². The number of hydrogen-bond donors (Lipinski definition) is 2. The number of anilines is 2. The van der Waals surface area contributed by atoms with Gasteiger partial charge in [0.1, 0.15) is 4.88 Å². The molecule has 0 unspecified atom stereocenters. The van der Waals surface area contributed by atoms with Crippen molar-refractivity contribution in [3.8, 4) is 0 Å². The molecule has 0 spiro atoms. The normalized spacial score (nSPS) is 10.4. The summed E-state index contributed by atoms with van der Waals surface area (Å²) in [4.78, 5) is 16.7. The minimum Gasteiger partial charge on any atom is -0.399 e. The van der Waals surface area contributed by atoms with Gasteiger partial charge < -0.3 is 11.1 Å². The number of aryl methyl sites for hydroxylation is 3. The number of hydrogen-bond acceptors (Lipinski definition) is 4. The van der Waals surface area contributed by atoms with E-state index in [-0.39, 0.29) is 5.91 Å². The van der Waals surface area contributed by atoms with E-state index in [2.05, 4.69) is 10.3 Å². The fourth-order valence-electron chi connectivity index (χ4n) is 1.62. The van der Waals surface area contributed by atoms with Crippen molar-refractivity contribution in [3.63, 3.8) is 0 Å². The van der Waals surface area contributed by atoms with Gasteiger partial charge in [-0.05, 0) is 44.0 Å². The zero-order chi connectivity index (χ0) is 13.3. The molecule has 0 aliphatic carbocycles. The highest BCUT2D eigenvalue weighted by Crippen LogP contribution is 2.23. The molecule has 0 atom stereocenters. The Labute approximate surface area is 110 Å². The van der Waals surface area contributed by atoms with Crippen molar-refractivity contribution in [2.45, 2.75) is 20.8 Å². The van der Waals surface area contributed by atoms with Gasteiger partial charge in [0.2, 0.25) is 0 Å². The van der Waals surface area contributed by atoms with Crippen molar-refractivity contribution in [2.24, 2.45) is 0 Å². The van der Waals surface area contributed by atoms with Gasteiger partial charge in [0.05, 0.1) is 11.2 Å². The molecule has 0 aliphatic heterocycles. The fourth-order valence-corrected chi connectivity index (χ4v) is 2.30. The van der Waals surface area contributed by atoms with Crippen LogP contribution >= 0.6 is 11.3 Å². The molecule has 5 heteroatoms. The fraction of sp³-hybridized carbons (Fsp3) is 0.231. The summed E-state index contributed by atoms with van der Waals surface area (Å²) in [5.41, 5.74) is 9.25. The summed E-state index contributed by atoms with van der Waals surface area (Å²) in [6.45, 7) is 5.71. The zero-order valence-electron chi connectivity index (χ0n) is 10.6. The monoisotopic (exact) mass is 261 g/mol. The standard InChI is InChI=1S/C13H15N3OS/c1-7-5-11(8(2)4-10(7)14)16-13(17)12-6-15-9(3)18-12/h4-6H,14H2,1-3H3,(H,16,17). The van der Waals surface area contributed by atoms with Crippen LogP contribution in [0.25, 0.3) is 0 Å². The highest BCUT2D eigenvalue weighted by Gasteiger charge is 2.11. The summed E-state index contributed by atoms with van der Waals surface area (Å²) in [5.74, 6) is -0.132. The lowest BCUT2D eigenvalue weighted by Crippen LogP contribution is -2.11. The van der Waals surface area contributed by atoms with Crippen LogP contribution < -0.4 is 11.1 Å². The van der Waals surface area contributed by atoms with Crippen LogP contribution in [0.2, 0.25) is 0 Å². The number of nitrogens with zero attached hydrogens (tertiary/aromatic N) is 1. The first-order valence-electron chi connectivity index (χ1n) is 5.58. The number of aromatic nitrogens is 1. The van der Waals surface area contributed by atoms with E-state index in [9.17, 15) is 4.79 Å². The van der Waals surface area contributed by atoms with Gasteiger partial charge in [-0.1, -0.05) is 0 Å². The van der Waals surface area contributed by atoms with Crippen molar-refractivity contribution in [1.82, 2.24) is 4.98 Å². The number of thiazole rings is 1. The molecule has 0 fully saturated rings. The number of carbonyl (C=O) groups excluding carboxylic acids is 1. The quantitative estimate of drug-likeness (QED) is 0.817. The van der Waals surface area contributed by atoms with Crippen LogP contribution in [0.3, 0.4) is 0 Å². The summed E-state index contributed by atoms with van der Waals surface area (Å²) in [6.07, 6.45) is 1.59. The molecule has 1 aromatic heterocycles. The minimum atomic E-state index is -0.132. The van der Waals surface area contributed by atoms with Crippen molar-refractivity contribution in [2.75, 3.05) is 11.1 Å². The van der Waals surface area contributed by atoms with Crippen LogP contribution in [0.15, 0.2) is 18.3 Å². The molecule has 18 heavy (non-hydrogen) atoms. The maximum Gasteiger partial charge on any atom is 0.267 e. The summed E-state index contributed by atoms with van der Waals surface area (Å²) < 4.78 is 0.